The van der Waals surface area contributed by atoms with Gasteiger partial charge in [0.15, 0.2) is 23.1 Å². The summed E-state index contributed by atoms with van der Waals surface area (Å²) in [6, 6.07) is 10.6. The average molecular weight is 399 g/mol. The minimum Gasteiger partial charge on any atom is -0.493 e. The number of ether oxygens (including phenoxy) is 3. The molecule has 0 saturated heterocycles. The van der Waals surface area contributed by atoms with Gasteiger partial charge in [0.25, 0.3) is 5.69 Å². The van der Waals surface area contributed by atoms with E-state index in [2.05, 4.69) is 15.2 Å². The van der Waals surface area contributed by atoms with Crippen LogP contribution in [-0.2, 0) is 6.61 Å². The minimum atomic E-state index is -0.565. The van der Waals surface area contributed by atoms with E-state index in [4.69, 9.17) is 19.9 Å². The van der Waals surface area contributed by atoms with Gasteiger partial charge in [0.05, 0.1) is 24.7 Å². The second kappa shape index (κ2) is 9.02. The third kappa shape index (κ3) is 4.79. The summed E-state index contributed by atoms with van der Waals surface area (Å²) in [7, 11) is 1.57. The second-order valence-corrected chi connectivity index (χ2v) is 6.00. The Morgan fingerprint density at radius 1 is 1.17 bits per heavy atom. The number of nitrogens with one attached hydrogen (secondary N) is 1. The first kappa shape index (κ1) is 20.1. The normalized spacial score (nSPS) is 11.7. The van der Waals surface area contributed by atoms with Crippen LogP contribution >= 0.6 is 0 Å². The van der Waals surface area contributed by atoms with Gasteiger partial charge in [-0.3, -0.25) is 15.2 Å². The van der Waals surface area contributed by atoms with E-state index in [1.807, 2.05) is 13.0 Å². The minimum absolute atomic E-state index is 0.00353. The van der Waals surface area contributed by atoms with Crippen LogP contribution in [0, 0.1) is 10.1 Å². The standard InChI is InChI=1S/C19H21N5O5/c1-3-28-16-10-12(4-9-15(16)27-2)18(20)19-21-17(22-23-19)11-29-14-7-5-13(6-8-14)24(25)26/h4-10,18H,3,11,20H2,1-2H3,(H,21,22,23)/t18-/m0/s1. The SMILES string of the molecule is CCOc1cc([C@H](N)c2n[nH]c(COc3ccc([N+](=O)[O-])cc3)n2)ccc1OC. The Labute approximate surface area is 166 Å². The highest BCUT2D eigenvalue weighted by atomic mass is 16.6. The lowest BCUT2D eigenvalue weighted by Gasteiger charge is -2.13. The molecule has 0 amide bonds. The number of methoxy groups -OCH3 is 1. The molecule has 0 unspecified atom stereocenters. The quantitative estimate of drug-likeness (QED) is 0.414. The number of benzene rings is 2. The molecule has 29 heavy (non-hydrogen) atoms. The zero-order valence-corrected chi connectivity index (χ0v) is 16.0. The number of hydrogen-bond donors (Lipinski definition) is 2. The molecule has 0 aliphatic heterocycles. The van der Waals surface area contributed by atoms with Crippen molar-refractivity contribution in [2.45, 2.75) is 19.6 Å². The second-order valence-electron chi connectivity index (χ2n) is 6.00. The first-order valence-electron chi connectivity index (χ1n) is 8.86. The van der Waals surface area contributed by atoms with E-state index in [0.29, 0.717) is 35.5 Å². The summed E-state index contributed by atoms with van der Waals surface area (Å²) in [5, 5.41) is 17.6. The van der Waals surface area contributed by atoms with Gasteiger partial charge in [-0.15, -0.1) is 0 Å². The fourth-order valence-corrected chi connectivity index (χ4v) is 2.63. The first-order chi connectivity index (χ1) is 14.0. The largest absolute Gasteiger partial charge is 0.493 e. The number of nitro groups is 1. The van der Waals surface area contributed by atoms with Crippen LogP contribution in [0.2, 0.25) is 0 Å². The monoisotopic (exact) mass is 399 g/mol. The number of nitro benzene ring substituents is 1. The van der Waals surface area contributed by atoms with Crippen molar-refractivity contribution in [2.75, 3.05) is 13.7 Å². The maximum atomic E-state index is 10.7. The molecule has 3 N–H and O–H groups in total. The third-order valence-electron chi connectivity index (χ3n) is 4.10. The van der Waals surface area contributed by atoms with Gasteiger partial charge in [-0.25, -0.2) is 4.98 Å². The number of rotatable bonds is 9. The zero-order chi connectivity index (χ0) is 20.8. The molecule has 2 aromatic carbocycles. The molecular formula is C19H21N5O5. The van der Waals surface area contributed by atoms with Crippen molar-refractivity contribution < 1.29 is 19.1 Å². The maximum absolute atomic E-state index is 10.7. The van der Waals surface area contributed by atoms with E-state index in [-0.39, 0.29) is 12.3 Å². The molecule has 0 radical (unpaired) electrons. The lowest BCUT2D eigenvalue weighted by molar-refractivity contribution is -0.384. The van der Waals surface area contributed by atoms with Crippen molar-refractivity contribution in [3.8, 4) is 17.2 Å². The van der Waals surface area contributed by atoms with E-state index in [9.17, 15) is 10.1 Å². The number of H-pyrrole nitrogens is 1. The van der Waals surface area contributed by atoms with E-state index >= 15 is 0 Å². The highest BCUT2D eigenvalue weighted by Gasteiger charge is 2.17. The number of aromatic nitrogens is 3. The summed E-state index contributed by atoms with van der Waals surface area (Å²) in [4.78, 5) is 14.6. The fourth-order valence-electron chi connectivity index (χ4n) is 2.63. The summed E-state index contributed by atoms with van der Waals surface area (Å²) in [5.74, 6) is 2.58. The van der Waals surface area contributed by atoms with E-state index in [0.717, 1.165) is 5.56 Å². The fraction of sp³-hybridized carbons (Fsp3) is 0.263. The topological polar surface area (TPSA) is 138 Å². The summed E-state index contributed by atoms with van der Waals surface area (Å²) in [6.45, 7) is 2.50. The van der Waals surface area contributed by atoms with Gasteiger partial charge >= 0.3 is 0 Å². The van der Waals surface area contributed by atoms with Gasteiger partial charge in [-0.2, -0.15) is 5.10 Å². The molecule has 3 rings (SSSR count). The van der Waals surface area contributed by atoms with Crippen LogP contribution in [0.3, 0.4) is 0 Å². The molecule has 1 atom stereocenters. The van der Waals surface area contributed by atoms with Gasteiger partial charge in [0.1, 0.15) is 12.4 Å². The Morgan fingerprint density at radius 3 is 2.59 bits per heavy atom. The molecule has 10 nitrogen and oxygen atoms in total. The van der Waals surface area contributed by atoms with Gasteiger partial charge in [0, 0.05) is 12.1 Å². The maximum Gasteiger partial charge on any atom is 0.269 e. The highest BCUT2D eigenvalue weighted by molar-refractivity contribution is 5.44. The molecule has 0 aliphatic carbocycles. The van der Waals surface area contributed by atoms with Gasteiger partial charge in [-0.05, 0) is 36.8 Å². The van der Waals surface area contributed by atoms with E-state index in [1.165, 1.54) is 24.3 Å². The number of non-ortho nitro benzene ring substituents is 1. The molecular weight excluding hydrogens is 378 g/mol. The molecule has 0 fully saturated rings. The van der Waals surface area contributed by atoms with Crippen molar-refractivity contribution in [3.05, 3.63) is 69.8 Å². The Bertz CT molecular complexity index is 973. The predicted molar refractivity (Wildman–Crippen MR) is 104 cm³/mol. The Balaban J connectivity index is 1.67. The third-order valence-corrected chi connectivity index (χ3v) is 4.10. The van der Waals surface area contributed by atoms with Crippen LogP contribution in [0.1, 0.15) is 30.2 Å². The molecule has 3 aromatic rings. The number of hydrogen-bond acceptors (Lipinski definition) is 8. The number of aromatic amines is 1. The number of nitrogens with zero attached hydrogens (tertiary/aromatic N) is 3. The predicted octanol–water partition coefficient (Wildman–Crippen LogP) is 2.75. The van der Waals surface area contributed by atoms with Crippen molar-refractivity contribution in [2.24, 2.45) is 5.73 Å². The van der Waals surface area contributed by atoms with Crippen LogP contribution in [0.15, 0.2) is 42.5 Å². The van der Waals surface area contributed by atoms with Crippen LogP contribution < -0.4 is 19.9 Å². The first-order valence-corrected chi connectivity index (χ1v) is 8.86. The average Bonchev–Trinajstić information content (AvgIpc) is 3.21. The van der Waals surface area contributed by atoms with Gasteiger partial charge < -0.3 is 19.9 Å². The lowest BCUT2D eigenvalue weighted by atomic mass is 10.1. The molecule has 0 aliphatic rings. The lowest BCUT2D eigenvalue weighted by Crippen LogP contribution is -2.14. The van der Waals surface area contributed by atoms with Crippen molar-refractivity contribution in [1.29, 1.82) is 0 Å². The zero-order valence-electron chi connectivity index (χ0n) is 16.0. The summed E-state index contributed by atoms with van der Waals surface area (Å²) in [5.41, 5.74) is 7.06. The van der Waals surface area contributed by atoms with Crippen molar-refractivity contribution in [3.63, 3.8) is 0 Å². The summed E-state index contributed by atoms with van der Waals surface area (Å²) >= 11 is 0. The van der Waals surface area contributed by atoms with Crippen LogP contribution in [0.5, 0.6) is 17.2 Å². The highest BCUT2D eigenvalue weighted by Crippen LogP contribution is 2.31. The molecule has 152 valence electrons. The Kier molecular flexibility index (Phi) is 6.25. The van der Waals surface area contributed by atoms with Gasteiger partial charge in [-0.1, -0.05) is 6.07 Å². The van der Waals surface area contributed by atoms with Crippen molar-refractivity contribution in [1.82, 2.24) is 15.2 Å². The van der Waals surface area contributed by atoms with E-state index in [1.54, 1.807) is 19.2 Å². The number of nitrogens with two attached hydrogens (primary N) is 1. The molecule has 1 heterocycles. The molecule has 1 aromatic heterocycles. The summed E-state index contributed by atoms with van der Waals surface area (Å²) < 4.78 is 16.4. The Hall–Kier alpha value is -3.66. The molecule has 10 heteroatoms. The van der Waals surface area contributed by atoms with E-state index < -0.39 is 11.0 Å². The molecule has 0 saturated carbocycles. The molecule has 0 bridgehead atoms. The van der Waals surface area contributed by atoms with Crippen LogP contribution in [0.25, 0.3) is 0 Å². The summed E-state index contributed by atoms with van der Waals surface area (Å²) in [6.07, 6.45) is 0. The van der Waals surface area contributed by atoms with Crippen molar-refractivity contribution >= 4 is 5.69 Å². The smallest absolute Gasteiger partial charge is 0.269 e. The van der Waals surface area contributed by atoms with Crippen LogP contribution in [0.4, 0.5) is 5.69 Å². The Morgan fingerprint density at radius 2 is 1.93 bits per heavy atom. The molecule has 0 spiro atoms. The van der Waals surface area contributed by atoms with Gasteiger partial charge in [0.2, 0.25) is 0 Å². The van der Waals surface area contributed by atoms with Crippen LogP contribution in [-0.4, -0.2) is 33.8 Å².